The van der Waals surface area contributed by atoms with Gasteiger partial charge in [0.05, 0.1) is 12.5 Å². The van der Waals surface area contributed by atoms with Crippen molar-refractivity contribution < 1.29 is 9.53 Å². The van der Waals surface area contributed by atoms with Gasteiger partial charge in [-0.3, -0.25) is 4.79 Å². The molecule has 2 aromatic carbocycles. The van der Waals surface area contributed by atoms with Gasteiger partial charge in [0.1, 0.15) is 5.75 Å². The lowest BCUT2D eigenvalue weighted by Crippen LogP contribution is -2.24. The molecule has 0 atom stereocenters. The molecule has 140 valence electrons. The summed E-state index contributed by atoms with van der Waals surface area (Å²) in [6, 6.07) is 15.4. The third kappa shape index (κ3) is 6.26. The van der Waals surface area contributed by atoms with Gasteiger partial charge in [0.2, 0.25) is 5.91 Å². The van der Waals surface area contributed by atoms with Gasteiger partial charge in [-0.25, -0.2) is 0 Å². The summed E-state index contributed by atoms with van der Waals surface area (Å²) in [7, 11) is 0. The summed E-state index contributed by atoms with van der Waals surface area (Å²) in [6.45, 7) is 0.525. The molecule has 0 unspecified atom stereocenters. The first-order chi connectivity index (χ1) is 12.2. The molecule has 5 heteroatoms. The van der Waals surface area contributed by atoms with Gasteiger partial charge in [-0.2, -0.15) is 0 Å². The van der Waals surface area contributed by atoms with Gasteiger partial charge in [-0.1, -0.05) is 30.7 Å². The molecule has 1 aliphatic carbocycles. The van der Waals surface area contributed by atoms with Crippen LogP contribution in [0.25, 0.3) is 0 Å². The van der Waals surface area contributed by atoms with E-state index in [1.54, 1.807) is 0 Å². The number of nitrogens with one attached hydrogen (secondary N) is 1. The normalized spacial score (nSPS) is 14.3. The number of anilines is 1. The molecule has 26 heavy (non-hydrogen) atoms. The van der Waals surface area contributed by atoms with E-state index in [1.165, 1.54) is 19.3 Å². The first-order valence-electron chi connectivity index (χ1n) is 9.06. The molecular formula is C21H27ClN2O2. The SMILES string of the molecule is Cl.Nc1ccc(CC(=O)NCc2ccc(OC3CCCCC3)cc2)cc1. The van der Waals surface area contributed by atoms with Crippen molar-refractivity contribution in [1.82, 2.24) is 5.32 Å². The van der Waals surface area contributed by atoms with Crippen LogP contribution in [0.4, 0.5) is 5.69 Å². The van der Waals surface area contributed by atoms with Crippen molar-refractivity contribution in [2.24, 2.45) is 0 Å². The van der Waals surface area contributed by atoms with Gasteiger partial charge in [0.15, 0.2) is 0 Å². The Morgan fingerprint density at radius 3 is 2.23 bits per heavy atom. The second kappa shape index (κ2) is 10.1. The second-order valence-electron chi connectivity index (χ2n) is 6.72. The van der Waals surface area contributed by atoms with Crippen LogP contribution in [-0.2, 0) is 17.8 Å². The van der Waals surface area contributed by atoms with E-state index in [9.17, 15) is 4.79 Å². The molecule has 0 bridgehead atoms. The van der Waals surface area contributed by atoms with Crippen LogP contribution in [0.2, 0.25) is 0 Å². The zero-order valence-electron chi connectivity index (χ0n) is 14.9. The van der Waals surface area contributed by atoms with Crippen molar-refractivity contribution in [2.45, 2.75) is 51.2 Å². The summed E-state index contributed by atoms with van der Waals surface area (Å²) in [5.74, 6) is 0.927. The summed E-state index contributed by atoms with van der Waals surface area (Å²) >= 11 is 0. The largest absolute Gasteiger partial charge is 0.490 e. The van der Waals surface area contributed by atoms with E-state index in [4.69, 9.17) is 10.5 Å². The van der Waals surface area contributed by atoms with Gasteiger partial charge in [-0.05, 0) is 61.1 Å². The minimum atomic E-state index is 0. The highest BCUT2D eigenvalue weighted by atomic mass is 35.5. The Morgan fingerprint density at radius 2 is 1.58 bits per heavy atom. The third-order valence-corrected chi connectivity index (χ3v) is 4.61. The summed E-state index contributed by atoms with van der Waals surface area (Å²) < 4.78 is 6.03. The van der Waals surface area contributed by atoms with E-state index in [0.717, 1.165) is 29.7 Å². The zero-order valence-corrected chi connectivity index (χ0v) is 15.8. The van der Waals surface area contributed by atoms with Crippen molar-refractivity contribution in [3.63, 3.8) is 0 Å². The van der Waals surface area contributed by atoms with Crippen molar-refractivity contribution in [2.75, 3.05) is 5.73 Å². The number of nitrogen functional groups attached to an aromatic ring is 1. The molecule has 1 amide bonds. The van der Waals surface area contributed by atoms with Gasteiger partial charge >= 0.3 is 0 Å². The van der Waals surface area contributed by atoms with Crippen molar-refractivity contribution in [1.29, 1.82) is 0 Å². The monoisotopic (exact) mass is 374 g/mol. The van der Waals surface area contributed by atoms with E-state index in [1.807, 2.05) is 48.5 Å². The molecule has 0 aliphatic heterocycles. The number of nitrogens with two attached hydrogens (primary N) is 1. The summed E-state index contributed by atoms with van der Waals surface area (Å²) in [4.78, 5) is 12.0. The lowest BCUT2D eigenvalue weighted by Gasteiger charge is -2.23. The van der Waals surface area contributed by atoms with Gasteiger partial charge in [0, 0.05) is 12.2 Å². The molecule has 1 fully saturated rings. The van der Waals surface area contributed by atoms with E-state index in [-0.39, 0.29) is 18.3 Å². The highest BCUT2D eigenvalue weighted by Gasteiger charge is 2.14. The standard InChI is InChI=1S/C21H26N2O2.ClH/c22-18-10-6-16(7-11-18)14-21(24)23-15-17-8-12-20(13-9-17)25-19-4-2-1-3-5-19;/h6-13,19H,1-5,14-15,22H2,(H,23,24);1H. The Hall–Kier alpha value is -2.20. The number of carbonyl (C=O) groups is 1. The van der Waals surface area contributed by atoms with Gasteiger partial charge < -0.3 is 15.8 Å². The number of hydrogen-bond donors (Lipinski definition) is 2. The molecule has 4 nitrogen and oxygen atoms in total. The predicted octanol–water partition coefficient (Wildman–Crippen LogP) is 4.26. The Bertz CT molecular complexity index is 680. The fourth-order valence-electron chi connectivity index (χ4n) is 3.15. The van der Waals surface area contributed by atoms with Crippen molar-refractivity contribution in [3.05, 3.63) is 59.7 Å². The Kier molecular flexibility index (Phi) is 7.79. The average molecular weight is 375 g/mol. The van der Waals surface area contributed by atoms with E-state index in [2.05, 4.69) is 5.32 Å². The number of halogens is 1. The average Bonchev–Trinajstić information content (AvgIpc) is 2.64. The molecule has 2 aromatic rings. The van der Waals surface area contributed by atoms with E-state index >= 15 is 0 Å². The maximum Gasteiger partial charge on any atom is 0.224 e. The van der Waals surface area contributed by atoms with Crippen LogP contribution < -0.4 is 15.8 Å². The molecule has 1 saturated carbocycles. The quantitative estimate of drug-likeness (QED) is 0.742. The van der Waals surface area contributed by atoms with Crippen molar-refractivity contribution >= 4 is 24.0 Å². The Labute approximate surface area is 161 Å². The first kappa shape index (κ1) is 20.1. The fourth-order valence-corrected chi connectivity index (χ4v) is 3.15. The lowest BCUT2D eigenvalue weighted by molar-refractivity contribution is -0.120. The minimum Gasteiger partial charge on any atom is -0.490 e. The number of hydrogen-bond acceptors (Lipinski definition) is 3. The third-order valence-electron chi connectivity index (χ3n) is 4.61. The topological polar surface area (TPSA) is 64.4 Å². The Morgan fingerprint density at radius 1 is 0.962 bits per heavy atom. The van der Waals surface area contributed by atoms with Crippen LogP contribution in [-0.4, -0.2) is 12.0 Å². The summed E-state index contributed by atoms with van der Waals surface area (Å²) in [6.07, 6.45) is 6.90. The van der Waals surface area contributed by atoms with Crippen LogP contribution >= 0.6 is 12.4 Å². The molecule has 0 aromatic heterocycles. The van der Waals surface area contributed by atoms with Gasteiger partial charge in [0.25, 0.3) is 0 Å². The number of ether oxygens (including phenoxy) is 1. The molecule has 0 spiro atoms. The highest BCUT2D eigenvalue weighted by molar-refractivity contribution is 5.85. The van der Waals surface area contributed by atoms with Crippen LogP contribution in [0.1, 0.15) is 43.2 Å². The van der Waals surface area contributed by atoms with Gasteiger partial charge in [-0.15, -0.1) is 12.4 Å². The van der Waals surface area contributed by atoms with Crippen LogP contribution in [0, 0.1) is 0 Å². The number of rotatable bonds is 6. The summed E-state index contributed by atoms with van der Waals surface area (Å²) in [5.41, 5.74) is 8.39. The van der Waals surface area contributed by atoms with Crippen LogP contribution in [0.3, 0.4) is 0 Å². The molecule has 3 rings (SSSR count). The smallest absolute Gasteiger partial charge is 0.224 e. The Balaban J connectivity index is 0.00000243. The predicted molar refractivity (Wildman–Crippen MR) is 108 cm³/mol. The maximum atomic E-state index is 12.0. The highest BCUT2D eigenvalue weighted by Crippen LogP contribution is 2.23. The van der Waals surface area contributed by atoms with E-state index in [0.29, 0.717) is 24.8 Å². The molecule has 0 saturated heterocycles. The lowest BCUT2D eigenvalue weighted by atomic mass is 9.98. The molecule has 0 radical (unpaired) electrons. The summed E-state index contributed by atoms with van der Waals surface area (Å²) in [5, 5.41) is 2.95. The fraction of sp³-hybridized carbons (Fsp3) is 0.381. The zero-order chi connectivity index (χ0) is 17.5. The number of benzene rings is 2. The number of carbonyl (C=O) groups excluding carboxylic acids is 1. The maximum absolute atomic E-state index is 12.0. The first-order valence-corrected chi connectivity index (χ1v) is 9.06. The van der Waals surface area contributed by atoms with Crippen LogP contribution in [0.5, 0.6) is 5.75 Å². The van der Waals surface area contributed by atoms with E-state index < -0.39 is 0 Å². The molecule has 3 N–H and O–H groups in total. The second-order valence-corrected chi connectivity index (χ2v) is 6.72. The molecular weight excluding hydrogens is 348 g/mol. The molecule has 0 heterocycles. The molecule has 1 aliphatic rings. The minimum absolute atomic E-state index is 0. The number of amides is 1. The van der Waals surface area contributed by atoms with Crippen molar-refractivity contribution in [3.8, 4) is 5.75 Å². The van der Waals surface area contributed by atoms with Crippen LogP contribution in [0.15, 0.2) is 48.5 Å².